The molecule has 4 rings (SSSR count). The molecule has 2 heterocycles. The van der Waals surface area contributed by atoms with E-state index < -0.39 is 10.0 Å². The summed E-state index contributed by atoms with van der Waals surface area (Å²) in [6, 6.07) is 13.9. The number of sulfonamides is 1. The standard InChI is InChI=1S/C25H23N5O3S/c1-27-14-21(11-26)20-10-23-24(29-15-20)7-6-19-5-4-17(9-22(19)25(23)31)16-34(32,33)30-13-18-3-2-8-28-12-18/h2-12,14-15,30H,13,16,26H2,1H3. The first kappa shape index (κ1) is 23.2. The molecule has 172 valence electrons. The lowest BCUT2D eigenvalue weighted by Crippen LogP contribution is -2.24. The fourth-order valence-electron chi connectivity index (χ4n) is 3.62. The predicted octanol–water partition coefficient (Wildman–Crippen LogP) is 2.76. The van der Waals surface area contributed by atoms with Gasteiger partial charge in [-0.15, -0.1) is 0 Å². The summed E-state index contributed by atoms with van der Waals surface area (Å²) in [5.41, 5.74) is 8.56. The van der Waals surface area contributed by atoms with E-state index in [4.69, 9.17) is 5.73 Å². The van der Waals surface area contributed by atoms with Gasteiger partial charge in [-0.05, 0) is 40.8 Å². The second-order valence-electron chi connectivity index (χ2n) is 7.69. The maximum atomic E-state index is 13.4. The Balaban J connectivity index is 1.72. The third kappa shape index (κ3) is 5.16. The van der Waals surface area contributed by atoms with E-state index in [0.29, 0.717) is 38.4 Å². The lowest BCUT2D eigenvalue weighted by molar-refractivity contribution is 0.580. The monoisotopic (exact) mass is 473 g/mol. The molecule has 0 atom stereocenters. The quantitative estimate of drug-likeness (QED) is 0.397. The summed E-state index contributed by atoms with van der Waals surface area (Å²) in [6.07, 6.45) is 7.87. The Morgan fingerprint density at radius 1 is 1.09 bits per heavy atom. The molecule has 0 spiro atoms. The summed E-state index contributed by atoms with van der Waals surface area (Å²) < 4.78 is 27.8. The number of hydrogen-bond donors (Lipinski definition) is 2. The minimum absolute atomic E-state index is 0.142. The number of nitrogens with one attached hydrogen (secondary N) is 1. The van der Waals surface area contributed by atoms with Crippen LogP contribution < -0.4 is 15.9 Å². The highest BCUT2D eigenvalue weighted by molar-refractivity contribution is 7.88. The van der Waals surface area contributed by atoms with Crippen molar-refractivity contribution in [1.82, 2.24) is 14.7 Å². The van der Waals surface area contributed by atoms with E-state index in [0.717, 1.165) is 5.56 Å². The van der Waals surface area contributed by atoms with Crippen LogP contribution in [0, 0.1) is 0 Å². The number of hydrogen-bond acceptors (Lipinski definition) is 7. The lowest BCUT2D eigenvalue weighted by atomic mass is 10.1. The Morgan fingerprint density at radius 2 is 1.91 bits per heavy atom. The van der Waals surface area contributed by atoms with Crippen LogP contribution in [-0.4, -0.2) is 31.6 Å². The van der Waals surface area contributed by atoms with Crippen LogP contribution in [0.5, 0.6) is 0 Å². The van der Waals surface area contributed by atoms with Gasteiger partial charge in [0.25, 0.3) is 0 Å². The Bertz CT molecular complexity index is 1580. The second-order valence-corrected chi connectivity index (χ2v) is 9.50. The Labute approximate surface area is 197 Å². The Hall–Kier alpha value is -3.95. The van der Waals surface area contributed by atoms with Crippen molar-refractivity contribution in [3.8, 4) is 0 Å². The summed E-state index contributed by atoms with van der Waals surface area (Å²) in [7, 11) is -2.00. The molecular formula is C25H23N5O3S. The second kappa shape index (κ2) is 9.90. The number of aromatic nitrogens is 2. The van der Waals surface area contributed by atoms with Crippen molar-refractivity contribution in [2.75, 3.05) is 7.05 Å². The van der Waals surface area contributed by atoms with Crippen molar-refractivity contribution in [1.29, 1.82) is 0 Å². The van der Waals surface area contributed by atoms with Gasteiger partial charge in [0.05, 0.1) is 11.3 Å². The molecule has 0 aliphatic carbocycles. The van der Waals surface area contributed by atoms with E-state index >= 15 is 0 Å². The number of aliphatic imine (C=N–C) groups is 1. The maximum Gasteiger partial charge on any atom is 0.216 e. The highest BCUT2D eigenvalue weighted by Crippen LogP contribution is 2.20. The molecule has 3 N–H and O–H groups in total. The molecule has 0 unspecified atom stereocenters. The zero-order valence-electron chi connectivity index (χ0n) is 18.5. The van der Waals surface area contributed by atoms with E-state index in [1.54, 1.807) is 80.4 Å². The van der Waals surface area contributed by atoms with E-state index in [-0.39, 0.29) is 17.7 Å². The largest absolute Gasteiger partial charge is 0.404 e. The molecule has 8 nitrogen and oxygen atoms in total. The van der Waals surface area contributed by atoms with Crippen molar-refractivity contribution in [3.63, 3.8) is 0 Å². The number of benzene rings is 1. The third-order valence-corrected chi connectivity index (χ3v) is 6.60. The Kier molecular flexibility index (Phi) is 6.76. The zero-order chi connectivity index (χ0) is 24.1. The topological polar surface area (TPSA) is 127 Å². The smallest absolute Gasteiger partial charge is 0.216 e. The van der Waals surface area contributed by atoms with Crippen molar-refractivity contribution in [3.05, 3.63) is 100 Å². The van der Waals surface area contributed by atoms with Crippen LogP contribution in [0.2, 0.25) is 0 Å². The number of pyridine rings is 2. The summed E-state index contributed by atoms with van der Waals surface area (Å²) >= 11 is 0. The minimum atomic E-state index is -3.63. The number of rotatable bonds is 7. The number of fused-ring (bicyclic) bond motifs is 2. The molecule has 9 heteroatoms. The highest BCUT2D eigenvalue weighted by atomic mass is 32.2. The van der Waals surface area contributed by atoms with Gasteiger partial charge < -0.3 is 5.73 Å². The number of allylic oxidation sites excluding steroid dienone is 1. The molecular weight excluding hydrogens is 450 g/mol. The predicted molar refractivity (Wildman–Crippen MR) is 136 cm³/mol. The molecule has 0 fully saturated rings. The van der Waals surface area contributed by atoms with Gasteiger partial charge in [0.1, 0.15) is 0 Å². The normalized spacial score (nSPS) is 12.6. The average molecular weight is 474 g/mol. The van der Waals surface area contributed by atoms with Gasteiger partial charge in [-0.3, -0.25) is 19.8 Å². The summed E-state index contributed by atoms with van der Waals surface area (Å²) in [4.78, 5) is 25.8. The van der Waals surface area contributed by atoms with Crippen molar-refractivity contribution < 1.29 is 8.42 Å². The van der Waals surface area contributed by atoms with Crippen molar-refractivity contribution >= 4 is 43.5 Å². The van der Waals surface area contributed by atoms with E-state index in [1.165, 1.54) is 6.20 Å². The van der Waals surface area contributed by atoms with Gasteiger partial charge in [0.15, 0.2) is 5.43 Å². The molecule has 0 bridgehead atoms. The first-order chi connectivity index (χ1) is 16.4. The highest BCUT2D eigenvalue weighted by Gasteiger charge is 2.13. The molecule has 0 saturated heterocycles. The fourth-order valence-corrected chi connectivity index (χ4v) is 4.72. The van der Waals surface area contributed by atoms with Gasteiger partial charge >= 0.3 is 0 Å². The van der Waals surface area contributed by atoms with Crippen LogP contribution in [0.1, 0.15) is 16.7 Å². The van der Waals surface area contributed by atoms with Crippen LogP contribution >= 0.6 is 0 Å². The van der Waals surface area contributed by atoms with Crippen molar-refractivity contribution in [2.45, 2.75) is 12.3 Å². The molecule has 0 saturated carbocycles. The molecule has 0 amide bonds. The molecule has 0 radical (unpaired) electrons. The molecule has 2 aromatic heterocycles. The number of nitrogens with two attached hydrogens (primary N) is 1. The van der Waals surface area contributed by atoms with Crippen LogP contribution in [-0.2, 0) is 22.3 Å². The maximum absolute atomic E-state index is 13.4. The Morgan fingerprint density at radius 3 is 2.65 bits per heavy atom. The van der Waals surface area contributed by atoms with Gasteiger partial charge in [-0.25, -0.2) is 13.1 Å². The van der Waals surface area contributed by atoms with Gasteiger partial charge in [-0.1, -0.05) is 24.3 Å². The molecule has 4 aromatic rings. The van der Waals surface area contributed by atoms with E-state index in [1.807, 2.05) is 0 Å². The van der Waals surface area contributed by atoms with Crippen molar-refractivity contribution in [2.24, 2.45) is 10.7 Å². The zero-order valence-corrected chi connectivity index (χ0v) is 19.3. The SMILES string of the molecule is CN=CC(=CN)c1cnc2ccc3ccc(CS(=O)(=O)NCc4cccnc4)cc3c(=O)c2c1. The third-order valence-electron chi connectivity index (χ3n) is 5.30. The van der Waals surface area contributed by atoms with Crippen LogP contribution in [0.4, 0.5) is 0 Å². The summed E-state index contributed by atoms with van der Waals surface area (Å²) in [6.45, 7) is 0.142. The van der Waals surface area contributed by atoms with Gasteiger partial charge in [0.2, 0.25) is 10.0 Å². The van der Waals surface area contributed by atoms with Gasteiger partial charge in [0, 0.05) is 66.5 Å². The van der Waals surface area contributed by atoms with E-state index in [9.17, 15) is 13.2 Å². The van der Waals surface area contributed by atoms with E-state index in [2.05, 4.69) is 19.7 Å². The average Bonchev–Trinajstić information content (AvgIpc) is 2.98. The number of nitrogens with zero attached hydrogens (tertiary/aromatic N) is 3. The van der Waals surface area contributed by atoms with Gasteiger partial charge in [-0.2, -0.15) is 0 Å². The summed E-state index contributed by atoms with van der Waals surface area (Å²) in [5, 5.41) is 1.51. The lowest BCUT2D eigenvalue weighted by Gasteiger charge is -2.07. The van der Waals surface area contributed by atoms with Crippen LogP contribution in [0.3, 0.4) is 0 Å². The fraction of sp³-hybridized carbons (Fsp3) is 0.120. The van der Waals surface area contributed by atoms with Crippen LogP contribution in [0.15, 0.2) is 83.1 Å². The molecule has 0 aliphatic rings. The molecule has 34 heavy (non-hydrogen) atoms. The van der Waals surface area contributed by atoms with Crippen LogP contribution in [0.25, 0.3) is 27.2 Å². The summed E-state index contributed by atoms with van der Waals surface area (Å²) in [5.74, 6) is -0.254. The first-order valence-electron chi connectivity index (χ1n) is 10.5. The molecule has 0 aliphatic heterocycles. The first-order valence-corrected chi connectivity index (χ1v) is 12.1. The minimum Gasteiger partial charge on any atom is -0.404 e. The molecule has 2 aromatic carbocycles.